The summed E-state index contributed by atoms with van der Waals surface area (Å²) in [5, 5.41) is 5.90. The Hall–Kier alpha value is -3.72. The van der Waals surface area contributed by atoms with Crippen molar-refractivity contribution in [1.29, 1.82) is 0 Å². The van der Waals surface area contributed by atoms with Crippen LogP contribution in [0.3, 0.4) is 0 Å². The SMILES string of the molecule is O=C(CN1CCOCC1)Nc1ccc2sc3c(-c4cccc5c(=O)cc(N6CCCCC6)oc45)cccc3c2c1. The predicted molar refractivity (Wildman–Crippen MR) is 163 cm³/mol. The number of benzene rings is 3. The number of para-hydroxylation sites is 1. The standard InChI is InChI=1S/C32H31N3O4S/c36-27-19-30(35-12-2-1-3-13-35)39-31-22(6-4-9-25(27)31)23-7-5-8-24-26-18-21(10-11-28(26)40-32(23)24)33-29(37)20-34-14-16-38-17-15-34/h4-11,18-19H,1-3,12-17,20H2,(H,33,37). The van der Waals surface area contributed by atoms with E-state index >= 15 is 0 Å². The molecule has 7 rings (SSSR count). The lowest BCUT2D eigenvalue weighted by molar-refractivity contribution is -0.118. The molecule has 204 valence electrons. The Morgan fingerprint density at radius 1 is 0.850 bits per heavy atom. The molecule has 2 aromatic heterocycles. The van der Waals surface area contributed by atoms with Crippen molar-refractivity contribution in [1.82, 2.24) is 4.90 Å². The molecule has 7 nitrogen and oxygen atoms in total. The second kappa shape index (κ2) is 10.7. The zero-order valence-electron chi connectivity index (χ0n) is 22.3. The highest BCUT2D eigenvalue weighted by atomic mass is 32.1. The van der Waals surface area contributed by atoms with E-state index in [1.54, 1.807) is 17.4 Å². The lowest BCUT2D eigenvalue weighted by Crippen LogP contribution is -2.41. The van der Waals surface area contributed by atoms with Crippen molar-refractivity contribution >= 4 is 60.0 Å². The Bertz CT molecular complexity index is 1780. The number of ether oxygens (including phenoxy) is 1. The minimum absolute atomic E-state index is 0.00958. The molecule has 5 aromatic rings. The zero-order valence-corrected chi connectivity index (χ0v) is 23.1. The van der Waals surface area contributed by atoms with E-state index in [4.69, 9.17) is 9.15 Å². The van der Waals surface area contributed by atoms with Crippen molar-refractivity contribution < 1.29 is 13.9 Å². The topological polar surface area (TPSA) is 75.0 Å². The molecule has 0 atom stereocenters. The first-order chi connectivity index (χ1) is 19.6. The van der Waals surface area contributed by atoms with E-state index in [2.05, 4.69) is 45.4 Å². The Kier molecular flexibility index (Phi) is 6.75. The van der Waals surface area contributed by atoms with Crippen LogP contribution in [0.1, 0.15) is 19.3 Å². The fourth-order valence-electron chi connectivity index (χ4n) is 5.90. The molecule has 2 saturated heterocycles. The van der Waals surface area contributed by atoms with Gasteiger partial charge in [0.25, 0.3) is 0 Å². The lowest BCUT2D eigenvalue weighted by atomic mass is 10.0. The number of amides is 1. The predicted octanol–water partition coefficient (Wildman–Crippen LogP) is 6.09. The Morgan fingerprint density at radius 3 is 2.45 bits per heavy atom. The minimum atomic E-state index is -0.0169. The molecule has 0 radical (unpaired) electrons. The Morgan fingerprint density at radius 2 is 1.62 bits per heavy atom. The Balaban J connectivity index is 1.27. The molecule has 2 fully saturated rings. The third-order valence-electron chi connectivity index (χ3n) is 7.95. The van der Waals surface area contributed by atoms with Gasteiger partial charge in [0.1, 0.15) is 5.58 Å². The molecule has 2 aliphatic heterocycles. The molecular formula is C32H31N3O4S. The number of nitrogens with one attached hydrogen (secondary N) is 1. The van der Waals surface area contributed by atoms with Gasteiger partial charge < -0.3 is 19.4 Å². The summed E-state index contributed by atoms with van der Waals surface area (Å²) in [7, 11) is 0. The van der Waals surface area contributed by atoms with Gasteiger partial charge >= 0.3 is 0 Å². The van der Waals surface area contributed by atoms with Gasteiger partial charge in [-0.25, -0.2) is 0 Å². The summed E-state index contributed by atoms with van der Waals surface area (Å²) in [6.45, 7) is 5.07. The highest BCUT2D eigenvalue weighted by molar-refractivity contribution is 7.26. The van der Waals surface area contributed by atoms with Gasteiger partial charge in [-0.1, -0.05) is 30.3 Å². The maximum Gasteiger partial charge on any atom is 0.238 e. The fraction of sp³-hybridized carbons (Fsp3) is 0.312. The van der Waals surface area contributed by atoms with Crippen LogP contribution in [0.25, 0.3) is 42.3 Å². The van der Waals surface area contributed by atoms with Gasteiger partial charge in [0.2, 0.25) is 5.91 Å². The summed E-state index contributed by atoms with van der Waals surface area (Å²) in [4.78, 5) is 30.2. The summed E-state index contributed by atoms with van der Waals surface area (Å²) in [5.41, 5.74) is 3.38. The molecule has 1 N–H and O–H groups in total. The number of hydrogen-bond acceptors (Lipinski definition) is 7. The number of rotatable bonds is 5. The van der Waals surface area contributed by atoms with Crippen LogP contribution in [0.4, 0.5) is 11.6 Å². The molecule has 2 aliphatic rings. The molecule has 4 heterocycles. The molecule has 0 spiro atoms. The van der Waals surface area contributed by atoms with Crippen LogP contribution >= 0.6 is 11.3 Å². The monoisotopic (exact) mass is 553 g/mol. The maximum atomic E-state index is 13.2. The average molecular weight is 554 g/mol. The second-order valence-corrected chi connectivity index (χ2v) is 11.7. The summed E-state index contributed by atoms with van der Waals surface area (Å²) >= 11 is 1.72. The summed E-state index contributed by atoms with van der Waals surface area (Å²) in [6, 6.07) is 19.9. The number of hydrogen-bond donors (Lipinski definition) is 1. The van der Waals surface area contributed by atoms with Crippen molar-refractivity contribution in [3.05, 3.63) is 70.9 Å². The molecule has 0 bridgehead atoms. The van der Waals surface area contributed by atoms with Gasteiger partial charge in [0, 0.05) is 69.2 Å². The highest BCUT2D eigenvalue weighted by Gasteiger charge is 2.19. The Labute approximate surface area is 235 Å². The quantitative estimate of drug-likeness (QED) is 0.284. The number of thiophene rings is 1. The highest BCUT2D eigenvalue weighted by Crippen LogP contribution is 2.42. The van der Waals surface area contributed by atoms with Crippen molar-refractivity contribution in [3.8, 4) is 11.1 Å². The van der Waals surface area contributed by atoms with Crippen LogP contribution < -0.4 is 15.6 Å². The smallest absolute Gasteiger partial charge is 0.238 e. The van der Waals surface area contributed by atoms with Gasteiger partial charge in [-0.05, 0) is 43.5 Å². The van der Waals surface area contributed by atoms with E-state index in [-0.39, 0.29) is 11.3 Å². The van der Waals surface area contributed by atoms with Gasteiger partial charge in [0.05, 0.1) is 25.1 Å². The first kappa shape index (κ1) is 25.3. The third kappa shape index (κ3) is 4.76. The van der Waals surface area contributed by atoms with Crippen molar-refractivity contribution in [2.75, 3.05) is 56.2 Å². The number of carbonyl (C=O) groups excluding carboxylic acids is 1. The maximum absolute atomic E-state index is 13.2. The molecule has 0 aliphatic carbocycles. The van der Waals surface area contributed by atoms with Crippen LogP contribution in [0.2, 0.25) is 0 Å². The van der Waals surface area contributed by atoms with E-state index in [0.29, 0.717) is 36.6 Å². The lowest BCUT2D eigenvalue weighted by Gasteiger charge is -2.27. The summed E-state index contributed by atoms with van der Waals surface area (Å²) < 4.78 is 14.2. The first-order valence-corrected chi connectivity index (χ1v) is 14.8. The minimum Gasteiger partial charge on any atom is -0.440 e. The van der Waals surface area contributed by atoms with Gasteiger partial charge in [0.15, 0.2) is 11.3 Å². The van der Waals surface area contributed by atoms with Gasteiger partial charge in [-0.15, -0.1) is 11.3 Å². The molecule has 0 saturated carbocycles. The molecule has 8 heteroatoms. The first-order valence-electron chi connectivity index (χ1n) is 14.0. The van der Waals surface area contributed by atoms with Gasteiger partial charge in [-0.3, -0.25) is 14.5 Å². The number of anilines is 2. The number of piperidine rings is 1. The van der Waals surface area contributed by atoms with E-state index in [1.807, 2.05) is 24.3 Å². The van der Waals surface area contributed by atoms with Crippen LogP contribution in [0, 0.1) is 0 Å². The largest absolute Gasteiger partial charge is 0.440 e. The fourth-order valence-corrected chi connectivity index (χ4v) is 7.11. The zero-order chi connectivity index (χ0) is 27.1. The molecular weight excluding hydrogens is 522 g/mol. The van der Waals surface area contributed by atoms with E-state index < -0.39 is 0 Å². The molecule has 40 heavy (non-hydrogen) atoms. The number of nitrogens with zero attached hydrogens (tertiary/aromatic N) is 2. The molecule has 0 unspecified atom stereocenters. The summed E-state index contributed by atoms with van der Waals surface area (Å²) in [6.07, 6.45) is 3.44. The molecule has 1 amide bonds. The number of fused-ring (bicyclic) bond motifs is 4. The van der Waals surface area contributed by atoms with E-state index in [1.165, 1.54) is 6.42 Å². The van der Waals surface area contributed by atoms with Crippen LogP contribution in [0.5, 0.6) is 0 Å². The number of carbonyl (C=O) groups is 1. The van der Waals surface area contributed by atoms with Crippen LogP contribution in [-0.4, -0.2) is 56.7 Å². The number of morpholine rings is 1. The second-order valence-electron chi connectivity index (χ2n) is 10.6. The van der Waals surface area contributed by atoms with Crippen molar-refractivity contribution in [3.63, 3.8) is 0 Å². The average Bonchev–Trinajstić information content (AvgIpc) is 3.36. The van der Waals surface area contributed by atoms with Crippen molar-refractivity contribution in [2.24, 2.45) is 0 Å². The van der Waals surface area contributed by atoms with Gasteiger partial charge in [-0.2, -0.15) is 0 Å². The third-order valence-corrected chi connectivity index (χ3v) is 9.17. The van der Waals surface area contributed by atoms with E-state index in [0.717, 1.165) is 76.0 Å². The molecule has 3 aromatic carbocycles. The van der Waals surface area contributed by atoms with E-state index in [9.17, 15) is 9.59 Å². The normalized spacial score (nSPS) is 16.6. The summed E-state index contributed by atoms with van der Waals surface area (Å²) in [5.74, 6) is 0.641. The van der Waals surface area contributed by atoms with Crippen LogP contribution in [-0.2, 0) is 9.53 Å². The van der Waals surface area contributed by atoms with Crippen molar-refractivity contribution in [2.45, 2.75) is 19.3 Å². The van der Waals surface area contributed by atoms with Crippen LogP contribution in [0.15, 0.2) is 69.9 Å².